The number of hydrogen-bond acceptors (Lipinski definition) is 3. The summed E-state index contributed by atoms with van der Waals surface area (Å²) < 4.78 is 18.8. The van der Waals surface area contributed by atoms with Gasteiger partial charge >= 0.3 is 0 Å². The second kappa shape index (κ2) is 10.3. The van der Waals surface area contributed by atoms with Crippen molar-refractivity contribution in [2.24, 2.45) is 4.99 Å². The molecule has 0 amide bonds. The number of para-hydroxylation sites is 1. The van der Waals surface area contributed by atoms with Gasteiger partial charge in [-0.2, -0.15) is 0 Å². The Kier molecular flexibility index (Phi) is 8.15. The highest BCUT2D eigenvalue weighted by atomic mass is 127. The number of piperazine rings is 1. The highest BCUT2D eigenvalue weighted by Crippen LogP contribution is 2.18. The normalized spacial score (nSPS) is 14.6. The van der Waals surface area contributed by atoms with E-state index in [4.69, 9.17) is 4.74 Å². The molecule has 1 fully saturated rings. The monoisotopic (exact) mass is 484 g/mol. The van der Waals surface area contributed by atoms with Gasteiger partial charge < -0.3 is 19.9 Å². The van der Waals surface area contributed by atoms with E-state index in [2.05, 4.69) is 44.4 Å². The Balaban J connectivity index is 0.00000261. The predicted octanol–water partition coefficient (Wildman–Crippen LogP) is 3.35. The Labute approximate surface area is 177 Å². The van der Waals surface area contributed by atoms with Crippen molar-refractivity contribution in [3.63, 3.8) is 0 Å². The summed E-state index contributed by atoms with van der Waals surface area (Å²) >= 11 is 0. The number of benzene rings is 2. The Morgan fingerprint density at radius 3 is 2.41 bits per heavy atom. The van der Waals surface area contributed by atoms with Crippen molar-refractivity contribution in [3.8, 4) is 5.75 Å². The van der Waals surface area contributed by atoms with Crippen molar-refractivity contribution in [2.45, 2.75) is 6.54 Å². The van der Waals surface area contributed by atoms with Crippen LogP contribution in [0.25, 0.3) is 0 Å². The lowest BCUT2D eigenvalue weighted by Crippen LogP contribution is -2.52. The second-order valence-electron chi connectivity index (χ2n) is 6.18. The molecule has 1 aliphatic rings. The summed E-state index contributed by atoms with van der Waals surface area (Å²) in [5.74, 6) is 0.752. The molecule has 146 valence electrons. The number of halogens is 2. The summed E-state index contributed by atoms with van der Waals surface area (Å²) in [5, 5.41) is 3.32. The lowest BCUT2D eigenvalue weighted by molar-refractivity contribution is 0.372. The summed E-state index contributed by atoms with van der Waals surface area (Å²) in [7, 11) is 3.24. The predicted molar refractivity (Wildman–Crippen MR) is 119 cm³/mol. The third-order valence-corrected chi connectivity index (χ3v) is 4.58. The van der Waals surface area contributed by atoms with E-state index in [0.29, 0.717) is 6.54 Å². The number of nitrogens with zero attached hydrogens (tertiary/aromatic N) is 3. The van der Waals surface area contributed by atoms with E-state index in [9.17, 15) is 4.39 Å². The van der Waals surface area contributed by atoms with Crippen LogP contribution in [0.5, 0.6) is 5.75 Å². The van der Waals surface area contributed by atoms with Gasteiger partial charge in [0, 0.05) is 45.5 Å². The maximum absolute atomic E-state index is 13.8. The van der Waals surface area contributed by atoms with E-state index < -0.39 is 0 Å². The van der Waals surface area contributed by atoms with E-state index in [1.54, 1.807) is 13.1 Å². The molecule has 0 saturated carbocycles. The molecule has 5 nitrogen and oxygen atoms in total. The molecule has 1 saturated heterocycles. The molecule has 27 heavy (non-hydrogen) atoms. The number of nitrogens with one attached hydrogen (secondary N) is 1. The molecule has 0 atom stereocenters. The number of anilines is 1. The number of methoxy groups -OCH3 is 1. The lowest BCUT2D eigenvalue weighted by atomic mass is 10.2. The molecule has 1 N–H and O–H groups in total. The molecular formula is C20H26FIN4O. The Morgan fingerprint density at radius 1 is 1.11 bits per heavy atom. The van der Waals surface area contributed by atoms with Crippen LogP contribution in [0.3, 0.4) is 0 Å². The zero-order valence-electron chi connectivity index (χ0n) is 15.7. The van der Waals surface area contributed by atoms with Crippen molar-refractivity contribution in [1.29, 1.82) is 0 Å². The fraction of sp³-hybridized carbons (Fsp3) is 0.350. The summed E-state index contributed by atoms with van der Waals surface area (Å²) in [6, 6.07) is 15.4. The molecule has 1 aliphatic heterocycles. The van der Waals surface area contributed by atoms with Crippen LogP contribution in [0, 0.1) is 5.82 Å². The average molecular weight is 484 g/mol. The van der Waals surface area contributed by atoms with Crippen LogP contribution >= 0.6 is 24.0 Å². The van der Waals surface area contributed by atoms with E-state index in [1.807, 2.05) is 12.1 Å². The van der Waals surface area contributed by atoms with Gasteiger partial charge in [-0.05, 0) is 29.8 Å². The Hall–Kier alpha value is -2.03. The summed E-state index contributed by atoms with van der Waals surface area (Å²) in [6.07, 6.45) is 0. The minimum absolute atomic E-state index is 0. The minimum Gasteiger partial charge on any atom is -0.494 e. The molecule has 3 rings (SSSR count). The van der Waals surface area contributed by atoms with Gasteiger partial charge in [-0.15, -0.1) is 24.0 Å². The van der Waals surface area contributed by atoms with Gasteiger partial charge in [0.2, 0.25) is 0 Å². The van der Waals surface area contributed by atoms with E-state index in [1.165, 1.54) is 18.9 Å². The van der Waals surface area contributed by atoms with Crippen molar-refractivity contribution < 1.29 is 9.13 Å². The van der Waals surface area contributed by atoms with Gasteiger partial charge in [0.25, 0.3) is 0 Å². The molecule has 0 radical (unpaired) electrons. The maximum atomic E-state index is 13.8. The third kappa shape index (κ3) is 5.47. The van der Waals surface area contributed by atoms with Gasteiger partial charge in [-0.1, -0.05) is 24.3 Å². The highest BCUT2D eigenvalue weighted by Gasteiger charge is 2.19. The number of hydrogen-bond donors (Lipinski definition) is 1. The molecule has 2 aromatic rings. The molecule has 0 aromatic heterocycles. The topological polar surface area (TPSA) is 40.1 Å². The summed E-state index contributed by atoms with van der Waals surface area (Å²) in [6.45, 7) is 4.20. The van der Waals surface area contributed by atoms with Crippen LogP contribution in [-0.2, 0) is 6.54 Å². The first-order valence-corrected chi connectivity index (χ1v) is 8.79. The number of ether oxygens (including phenoxy) is 1. The smallest absolute Gasteiger partial charge is 0.194 e. The lowest BCUT2D eigenvalue weighted by Gasteiger charge is -2.37. The van der Waals surface area contributed by atoms with Crippen molar-refractivity contribution >= 4 is 35.6 Å². The van der Waals surface area contributed by atoms with E-state index in [-0.39, 0.29) is 35.5 Å². The molecule has 2 aromatic carbocycles. The van der Waals surface area contributed by atoms with Gasteiger partial charge in [-0.3, -0.25) is 4.99 Å². The number of guanidine groups is 1. The minimum atomic E-state index is -0.349. The average Bonchev–Trinajstić information content (AvgIpc) is 2.70. The van der Waals surface area contributed by atoms with Gasteiger partial charge in [0.05, 0.1) is 7.11 Å². The molecule has 0 bridgehead atoms. The zero-order chi connectivity index (χ0) is 18.4. The molecule has 0 unspecified atom stereocenters. The second-order valence-corrected chi connectivity index (χ2v) is 6.18. The first-order chi connectivity index (χ1) is 12.7. The first kappa shape index (κ1) is 21.3. The van der Waals surface area contributed by atoms with Crippen molar-refractivity contribution in [3.05, 3.63) is 59.9 Å². The SMILES string of the molecule is CN=C(NCc1ccc(OC)c(F)c1)N1CCN(c2ccccc2)CC1.I. The van der Waals surface area contributed by atoms with Crippen LogP contribution < -0.4 is 15.0 Å². The van der Waals surface area contributed by atoms with Crippen molar-refractivity contribution in [1.82, 2.24) is 10.2 Å². The fourth-order valence-electron chi connectivity index (χ4n) is 3.15. The Bertz CT molecular complexity index is 749. The molecular weight excluding hydrogens is 458 g/mol. The number of aliphatic imine (C=N–C) groups is 1. The summed E-state index contributed by atoms with van der Waals surface area (Å²) in [4.78, 5) is 8.99. The van der Waals surface area contributed by atoms with Crippen LogP contribution in [-0.4, -0.2) is 51.2 Å². The van der Waals surface area contributed by atoms with Crippen LogP contribution in [0.4, 0.5) is 10.1 Å². The standard InChI is InChI=1S/C20H25FN4O.HI/c1-22-20(23-15-16-8-9-19(26-2)18(21)14-16)25-12-10-24(11-13-25)17-6-4-3-5-7-17;/h3-9,14H,10-13,15H2,1-2H3,(H,22,23);1H. The molecule has 7 heteroatoms. The maximum Gasteiger partial charge on any atom is 0.194 e. The molecule has 0 spiro atoms. The van der Waals surface area contributed by atoms with E-state index >= 15 is 0 Å². The largest absolute Gasteiger partial charge is 0.494 e. The first-order valence-electron chi connectivity index (χ1n) is 8.79. The van der Waals surface area contributed by atoms with E-state index in [0.717, 1.165) is 37.7 Å². The van der Waals surface area contributed by atoms with Crippen LogP contribution in [0.1, 0.15) is 5.56 Å². The van der Waals surface area contributed by atoms with Gasteiger partial charge in [0.1, 0.15) is 0 Å². The molecule has 0 aliphatic carbocycles. The fourth-order valence-corrected chi connectivity index (χ4v) is 3.15. The van der Waals surface area contributed by atoms with Crippen LogP contribution in [0.15, 0.2) is 53.5 Å². The van der Waals surface area contributed by atoms with Crippen molar-refractivity contribution in [2.75, 3.05) is 45.2 Å². The number of rotatable bonds is 4. The quantitative estimate of drug-likeness (QED) is 0.411. The van der Waals surface area contributed by atoms with Gasteiger partial charge in [-0.25, -0.2) is 4.39 Å². The van der Waals surface area contributed by atoms with Gasteiger partial charge in [0.15, 0.2) is 17.5 Å². The van der Waals surface area contributed by atoms with Crippen LogP contribution in [0.2, 0.25) is 0 Å². The zero-order valence-corrected chi connectivity index (χ0v) is 18.0. The molecule has 1 heterocycles. The Morgan fingerprint density at radius 2 is 1.81 bits per heavy atom. The third-order valence-electron chi connectivity index (χ3n) is 4.58. The highest BCUT2D eigenvalue weighted by molar-refractivity contribution is 14.0. The summed E-state index contributed by atoms with van der Waals surface area (Å²) in [5.41, 5.74) is 2.11.